The first-order chi connectivity index (χ1) is 10.2. The van der Waals surface area contributed by atoms with Crippen LogP contribution in [-0.2, 0) is 11.2 Å². The number of hydrogen-bond acceptors (Lipinski definition) is 3. The third-order valence-corrected chi connectivity index (χ3v) is 3.15. The number of aromatic nitrogens is 2. The fourth-order valence-electron chi connectivity index (χ4n) is 2.18. The van der Waals surface area contributed by atoms with Gasteiger partial charge in [0.2, 0.25) is 5.91 Å². The molecule has 0 atom stereocenters. The SMILES string of the molecule is O=C(Cc1ccccc1)Nc1cccc2c(=O)[nH]cnc12. The summed E-state index contributed by atoms with van der Waals surface area (Å²) < 4.78 is 0. The molecule has 3 rings (SSSR count). The van der Waals surface area contributed by atoms with Gasteiger partial charge in [-0.1, -0.05) is 36.4 Å². The van der Waals surface area contributed by atoms with E-state index in [9.17, 15) is 9.59 Å². The number of para-hydroxylation sites is 1. The first kappa shape index (κ1) is 13.1. The lowest BCUT2D eigenvalue weighted by Crippen LogP contribution is -2.16. The van der Waals surface area contributed by atoms with Crippen LogP contribution in [0.25, 0.3) is 10.9 Å². The Labute approximate surface area is 120 Å². The lowest BCUT2D eigenvalue weighted by Gasteiger charge is -2.07. The zero-order chi connectivity index (χ0) is 14.7. The minimum Gasteiger partial charge on any atom is -0.324 e. The summed E-state index contributed by atoms with van der Waals surface area (Å²) in [7, 11) is 0. The van der Waals surface area contributed by atoms with E-state index in [2.05, 4.69) is 15.3 Å². The van der Waals surface area contributed by atoms with Crippen LogP contribution in [0, 0.1) is 0 Å². The van der Waals surface area contributed by atoms with Crippen LogP contribution in [0.3, 0.4) is 0 Å². The molecule has 0 aliphatic carbocycles. The maximum atomic E-state index is 12.1. The summed E-state index contributed by atoms with van der Waals surface area (Å²) in [5.74, 6) is -0.143. The summed E-state index contributed by atoms with van der Waals surface area (Å²) in [4.78, 5) is 30.4. The topological polar surface area (TPSA) is 74.8 Å². The van der Waals surface area contributed by atoms with Crippen molar-refractivity contribution in [3.8, 4) is 0 Å². The van der Waals surface area contributed by atoms with E-state index in [-0.39, 0.29) is 17.9 Å². The van der Waals surface area contributed by atoms with Crippen molar-refractivity contribution in [2.75, 3.05) is 5.32 Å². The van der Waals surface area contributed by atoms with E-state index in [1.807, 2.05) is 30.3 Å². The van der Waals surface area contributed by atoms with Crippen LogP contribution in [0.1, 0.15) is 5.56 Å². The Bertz CT molecular complexity index is 841. The van der Waals surface area contributed by atoms with Gasteiger partial charge in [0, 0.05) is 0 Å². The highest BCUT2D eigenvalue weighted by molar-refractivity contribution is 6.00. The molecule has 0 fully saturated rings. The van der Waals surface area contributed by atoms with Crippen LogP contribution in [0.15, 0.2) is 59.7 Å². The number of amides is 1. The first-order valence-electron chi connectivity index (χ1n) is 6.54. The molecule has 0 spiro atoms. The summed E-state index contributed by atoms with van der Waals surface area (Å²) in [6.45, 7) is 0. The largest absolute Gasteiger partial charge is 0.324 e. The van der Waals surface area contributed by atoms with Crippen LogP contribution < -0.4 is 10.9 Å². The molecular formula is C16H13N3O2. The van der Waals surface area contributed by atoms with Crippen molar-refractivity contribution in [2.45, 2.75) is 6.42 Å². The van der Waals surface area contributed by atoms with Gasteiger partial charge in [-0.2, -0.15) is 0 Å². The number of hydrogen-bond donors (Lipinski definition) is 2. The minimum absolute atomic E-state index is 0.143. The molecule has 5 nitrogen and oxygen atoms in total. The molecular weight excluding hydrogens is 266 g/mol. The molecule has 2 N–H and O–H groups in total. The van der Waals surface area contributed by atoms with Crippen molar-refractivity contribution >= 4 is 22.5 Å². The standard InChI is InChI=1S/C16H13N3O2/c20-14(9-11-5-2-1-3-6-11)19-13-8-4-7-12-15(13)17-10-18-16(12)21/h1-8,10H,9H2,(H,19,20)(H,17,18,21). The van der Waals surface area contributed by atoms with Gasteiger partial charge in [-0.25, -0.2) is 4.98 Å². The Kier molecular flexibility index (Phi) is 3.47. The zero-order valence-corrected chi connectivity index (χ0v) is 11.2. The second kappa shape index (κ2) is 5.58. The van der Waals surface area contributed by atoms with Gasteiger partial charge in [-0.15, -0.1) is 0 Å². The van der Waals surface area contributed by atoms with Crippen LogP contribution in [0.5, 0.6) is 0 Å². The van der Waals surface area contributed by atoms with Crippen LogP contribution in [0.4, 0.5) is 5.69 Å². The van der Waals surface area contributed by atoms with Gasteiger partial charge in [-0.05, 0) is 17.7 Å². The van der Waals surface area contributed by atoms with E-state index in [1.54, 1.807) is 18.2 Å². The number of H-pyrrole nitrogens is 1. The van der Waals surface area contributed by atoms with Crippen molar-refractivity contribution in [3.63, 3.8) is 0 Å². The summed E-state index contributed by atoms with van der Waals surface area (Å²) in [6.07, 6.45) is 1.61. The third kappa shape index (κ3) is 2.81. The Hall–Kier alpha value is -2.95. The van der Waals surface area contributed by atoms with Gasteiger partial charge in [0.15, 0.2) is 0 Å². The molecule has 21 heavy (non-hydrogen) atoms. The Morgan fingerprint density at radius 1 is 1.10 bits per heavy atom. The monoisotopic (exact) mass is 279 g/mol. The van der Waals surface area contributed by atoms with Gasteiger partial charge in [0.05, 0.1) is 23.8 Å². The van der Waals surface area contributed by atoms with E-state index in [4.69, 9.17) is 0 Å². The van der Waals surface area contributed by atoms with Gasteiger partial charge in [-0.3, -0.25) is 9.59 Å². The molecule has 0 saturated carbocycles. The molecule has 104 valence electrons. The highest BCUT2D eigenvalue weighted by atomic mass is 16.1. The maximum absolute atomic E-state index is 12.1. The number of carbonyl (C=O) groups excluding carboxylic acids is 1. The normalized spacial score (nSPS) is 10.5. The van der Waals surface area contributed by atoms with Crippen LogP contribution in [-0.4, -0.2) is 15.9 Å². The average Bonchev–Trinajstić information content (AvgIpc) is 2.49. The van der Waals surface area contributed by atoms with E-state index in [0.29, 0.717) is 16.6 Å². The molecule has 3 aromatic rings. The van der Waals surface area contributed by atoms with Crippen molar-refractivity contribution in [1.82, 2.24) is 9.97 Å². The molecule has 0 radical (unpaired) electrons. The van der Waals surface area contributed by atoms with Crippen molar-refractivity contribution in [1.29, 1.82) is 0 Å². The molecule has 0 aliphatic rings. The van der Waals surface area contributed by atoms with Gasteiger partial charge in [0.25, 0.3) is 5.56 Å². The van der Waals surface area contributed by atoms with Gasteiger partial charge in [0.1, 0.15) is 5.52 Å². The predicted molar refractivity (Wildman–Crippen MR) is 81.1 cm³/mol. The highest BCUT2D eigenvalue weighted by Gasteiger charge is 2.08. The number of carbonyl (C=O) groups is 1. The van der Waals surface area contributed by atoms with E-state index >= 15 is 0 Å². The average molecular weight is 279 g/mol. The predicted octanol–water partition coefficient (Wildman–Crippen LogP) is 2.10. The zero-order valence-electron chi connectivity index (χ0n) is 11.2. The lowest BCUT2D eigenvalue weighted by atomic mass is 10.1. The fraction of sp³-hybridized carbons (Fsp3) is 0.0625. The molecule has 0 bridgehead atoms. The third-order valence-electron chi connectivity index (χ3n) is 3.15. The molecule has 0 aliphatic heterocycles. The molecule has 0 saturated heterocycles. The smallest absolute Gasteiger partial charge is 0.258 e. The first-order valence-corrected chi connectivity index (χ1v) is 6.54. The number of aromatic amines is 1. The van der Waals surface area contributed by atoms with Gasteiger partial charge < -0.3 is 10.3 Å². The lowest BCUT2D eigenvalue weighted by molar-refractivity contribution is -0.115. The fourth-order valence-corrected chi connectivity index (χ4v) is 2.18. The summed E-state index contributed by atoms with van der Waals surface area (Å²) in [5, 5.41) is 3.26. The van der Waals surface area contributed by atoms with E-state index < -0.39 is 0 Å². The second-order valence-corrected chi connectivity index (χ2v) is 4.64. The van der Waals surface area contributed by atoms with Crippen molar-refractivity contribution in [3.05, 3.63) is 70.8 Å². The number of anilines is 1. The number of fused-ring (bicyclic) bond motifs is 1. The number of benzene rings is 2. The molecule has 1 heterocycles. The maximum Gasteiger partial charge on any atom is 0.258 e. The van der Waals surface area contributed by atoms with Crippen LogP contribution in [0.2, 0.25) is 0 Å². The van der Waals surface area contributed by atoms with E-state index in [0.717, 1.165) is 5.56 Å². The molecule has 1 aromatic heterocycles. The Morgan fingerprint density at radius 3 is 2.71 bits per heavy atom. The number of nitrogens with zero attached hydrogens (tertiary/aromatic N) is 1. The summed E-state index contributed by atoms with van der Waals surface area (Å²) >= 11 is 0. The van der Waals surface area contributed by atoms with Gasteiger partial charge >= 0.3 is 0 Å². The van der Waals surface area contributed by atoms with Crippen LogP contribution >= 0.6 is 0 Å². The Morgan fingerprint density at radius 2 is 1.90 bits per heavy atom. The van der Waals surface area contributed by atoms with Crippen molar-refractivity contribution in [2.24, 2.45) is 0 Å². The van der Waals surface area contributed by atoms with Crippen molar-refractivity contribution < 1.29 is 4.79 Å². The quantitative estimate of drug-likeness (QED) is 0.771. The summed E-state index contributed by atoms with van der Waals surface area (Å²) in [6, 6.07) is 14.6. The molecule has 1 amide bonds. The molecule has 0 unspecified atom stereocenters. The second-order valence-electron chi connectivity index (χ2n) is 4.64. The molecule has 5 heteroatoms. The molecule has 2 aromatic carbocycles. The summed E-state index contributed by atoms with van der Waals surface area (Å²) in [5.41, 5.74) is 1.74. The highest BCUT2D eigenvalue weighted by Crippen LogP contribution is 2.18. The van der Waals surface area contributed by atoms with E-state index in [1.165, 1.54) is 6.33 Å². The minimum atomic E-state index is -0.223. The Balaban J connectivity index is 1.87. The number of rotatable bonds is 3. The number of nitrogens with one attached hydrogen (secondary N) is 2.